The molecule has 310 valence electrons. The van der Waals surface area contributed by atoms with E-state index in [2.05, 4.69) is 39.8 Å². The first-order chi connectivity index (χ1) is 25.0. The predicted octanol–water partition coefficient (Wildman–Crippen LogP) is 4.19. The Morgan fingerprint density at radius 1 is 0.654 bits per heavy atom. The Morgan fingerprint density at radius 2 is 1.15 bits per heavy atom. The molecule has 52 heavy (non-hydrogen) atoms. The molecule has 3 N–H and O–H groups in total. The highest BCUT2D eigenvalue weighted by Gasteiger charge is 2.17. The monoisotopic (exact) mass is 747 g/mol. The van der Waals surface area contributed by atoms with Gasteiger partial charge in [-0.05, 0) is 97.1 Å². The molecule has 0 aromatic carbocycles. The number of nitrogens with one attached hydrogen (secondary N) is 3. The largest absolute Gasteiger partial charge is 0.385 e. The number of hydrogen-bond donors (Lipinski definition) is 3. The zero-order chi connectivity index (χ0) is 40.0. The standard InChI is InChI=1S/C17H33N3O2.C9H18N2O.C9H19NO4.2C2H6/c1-15(21)20(3)11-7-5-4-6-8-17(22)18-14-16-9-12-19(2)13-10-16;1-8(12)10-7-9-3-5-11(2)6-4-9;1-12-5-3-4-10-9(11)8-14-7-6-13-2;2*1-2/h16H,4-14H2,1-3H3,(H,18,22);9H,3-7H2,1-2H3,(H,10,12);3-8H2,1-2H3,(H,10,11);2*1-2H3. The van der Waals surface area contributed by atoms with Gasteiger partial charge in [0.1, 0.15) is 6.61 Å². The summed E-state index contributed by atoms with van der Waals surface area (Å²) in [4.78, 5) is 51.0. The minimum Gasteiger partial charge on any atom is -0.385 e. The van der Waals surface area contributed by atoms with Crippen molar-refractivity contribution in [2.45, 2.75) is 106 Å². The summed E-state index contributed by atoms with van der Waals surface area (Å²) in [5, 5.41) is 8.66. The second-order valence-electron chi connectivity index (χ2n) is 13.1. The molecule has 2 fully saturated rings. The summed E-state index contributed by atoms with van der Waals surface area (Å²) in [5.41, 5.74) is 0. The minimum absolute atomic E-state index is 0.0916. The van der Waals surface area contributed by atoms with Gasteiger partial charge < -0.3 is 44.9 Å². The molecule has 13 heteroatoms. The molecule has 2 heterocycles. The average Bonchev–Trinajstić information content (AvgIpc) is 3.15. The van der Waals surface area contributed by atoms with Crippen molar-refractivity contribution < 1.29 is 33.4 Å². The van der Waals surface area contributed by atoms with E-state index in [4.69, 9.17) is 14.2 Å². The Labute approximate surface area is 319 Å². The summed E-state index contributed by atoms with van der Waals surface area (Å²) in [6, 6.07) is 0. The number of carbonyl (C=O) groups is 4. The number of methoxy groups -OCH3 is 2. The normalized spacial score (nSPS) is 14.8. The van der Waals surface area contributed by atoms with Crippen LogP contribution in [0, 0.1) is 11.8 Å². The fourth-order valence-corrected chi connectivity index (χ4v) is 5.12. The third-order valence-electron chi connectivity index (χ3n) is 8.60. The van der Waals surface area contributed by atoms with Crippen LogP contribution in [0.5, 0.6) is 0 Å². The first-order valence-electron chi connectivity index (χ1n) is 19.9. The Morgan fingerprint density at radius 3 is 1.63 bits per heavy atom. The molecule has 2 rings (SSSR count). The van der Waals surface area contributed by atoms with Crippen molar-refractivity contribution in [3.05, 3.63) is 0 Å². The molecule has 0 saturated carbocycles. The fraction of sp³-hybridized carbons (Fsp3) is 0.897. The van der Waals surface area contributed by atoms with E-state index in [0.29, 0.717) is 44.6 Å². The quantitative estimate of drug-likeness (QED) is 0.157. The van der Waals surface area contributed by atoms with Crippen LogP contribution in [0.1, 0.15) is 106 Å². The van der Waals surface area contributed by atoms with Gasteiger partial charge in [-0.2, -0.15) is 0 Å². The lowest BCUT2D eigenvalue weighted by atomic mass is 9.97. The fourth-order valence-electron chi connectivity index (χ4n) is 5.12. The molecule has 0 atom stereocenters. The second-order valence-corrected chi connectivity index (χ2v) is 13.1. The van der Waals surface area contributed by atoms with Gasteiger partial charge >= 0.3 is 0 Å². The lowest BCUT2D eigenvalue weighted by Gasteiger charge is -2.28. The summed E-state index contributed by atoms with van der Waals surface area (Å²) in [6.45, 7) is 20.7. The number of hydrogen-bond acceptors (Lipinski definition) is 9. The van der Waals surface area contributed by atoms with Crippen molar-refractivity contribution in [3.8, 4) is 0 Å². The zero-order valence-corrected chi connectivity index (χ0v) is 35.4. The zero-order valence-electron chi connectivity index (χ0n) is 35.4. The Balaban J connectivity index is -0.000000694. The summed E-state index contributed by atoms with van der Waals surface area (Å²) >= 11 is 0. The molecule has 0 unspecified atom stereocenters. The summed E-state index contributed by atoms with van der Waals surface area (Å²) in [7, 11) is 9.36. The van der Waals surface area contributed by atoms with Gasteiger partial charge in [0.15, 0.2) is 0 Å². The van der Waals surface area contributed by atoms with Crippen LogP contribution in [0.15, 0.2) is 0 Å². The van der Waals surface area contributed by atoms with Gasteiger partial charge in [0.2, 0.25) is 23.6 Å². The number of nitrogens with zero attached hydrogens (tertiary/aromatic N) is 3. The van der Waals surface area contributed by atoms with Crippen LogP contribution in [-0.4, -0.2) is 152 Å². The van der Waals surface area contributed by atoms with E-state index >= 15 is 0 Å². The van der Waals surface area contributed by atoms with Gasteiger partial charge in [-0.1, -0.05) is 40.5 Å². The second kappa shape index (κ2) is 39.9. The number of rotatable bonds is 20. The number of likely N-dealkylation sites (tertiary alicyclic amines) is 2. The molecule has 0 aromatic rings. The van der Waals surface area contributed by atoms with Gasteiger partial charge in [0.05, 0.1) is 13.2 Å². The molecular formula is C39H82N6O7. The summed E-state index contributed by atoms with van der Waals surface area (Å²) in [6.07, 6.45) is 10.4. The van der Waals surface area contributed by atoms with Crippen molar-refractivity contribution in [2.24, 2.45) is 11.8 Å². The summed E-state index contributed by atoms with van der Waals surface area (Å²) < 4.78 is 14.6. The van der Waals surface area contributed by atoms with Crippen molar-refractivity contribution >= 4 is 23.6 Å². The molecule has 0 aliphatic carbocycles. The molecule has 0 bridgehead atoms. The van der Waals surface area contributed by atoms with E-state index in [-0.39, 0.29) is 30.2 Å². The number of amides is 4. The van der Waals surface area contributed by atoms with Gasteiger partial charge in [-0.3, -0.25) is 19.2 Å². The van der Waals surface area contributed by atoms with Gasteiger partial charge in [-0.25, -0.2) is 0 Å². The van der Waals surface area contributed by atoms with Crippen molar-refractivity contribution in [1.29, 1.82) is 0 Å². The van der Waals surface area contributed by atoms with Crippen LogP contribution in [0.25, 0.3) is 0 Å². The van der Waals surface area contributed by atoms with E-state index in [1.165, 1.54) is 38.8 Å². The van der Waals surface area contributed by atoms with E-state index in [1.54, 1.807) is 33.0 Å². The maximum Gasteiger partial charge on any atom is 0.246 e. The number of ether oxygens (including phenoxy) is 3. The molecule has 2 aliphatic heterocycles. The molecule has 2 saturated heterocycles. The third kappa shape index (κ3) is 37.4. The summed E-state index contributed by atoms with van der Waals surface area (Å²) in [5.74, 6) is 1.66. The van der Waals surface area contributed by atoms with Gasteiger partial charge in [0, 0.05) is 74.3 Å². The van der Waals surface area contributed by atoms with Gasteiger partial charge in [-0.15, -0.1) is 0 Å². The SMILES string of the molecule is CC.CC.CC(=O)N(C)CCCCCCC(=O)NCC1CCN(C)CC1.CC(=O)NCC1CCN(C)CC1.COCCCNC(=O)COCCOC. The average molecular weight is 747 g/mol. The number of unbranched alkanes of at least 4 members (excludes halogenated alkanes) is 3. The van der Waals surface area contributed by atoms with Crippen LogP contribution >= 0.6 is 0 Å². The first-order valence-corrected chi connectivity index (χ1v) is 19.9. The van der Waals surface area contributed by atoms with E-state index in [9.17, 15) is 19.2 Å². The van der Waals surface area contributed by atoms with Crippen LogP contribution in [0.2, 0.25) is 0 Å². The molecule has 0 aromatic heterocycles. The van der Waals surface area contributed by atoms with Crippen molar-refractivity contribution in [3.63, 3.8) is 0 Å². The molecular weight excluding hydrogens is 664 g/mol. The highest BCUT2D eigenvalue weighted by atomic mass is 16.5. The lowest BCUT2D eigenvalue weighted by Crippen LogP contribution is -2.36. The lowest BCUT2D eigenvalue weighted by molar-refractivity contribution is -0.128. The maximum atomic E-state index is 11.8. The Bertz CT molecular complexity index is 822. The van der Waals surface area contributed by atoms with E-state index in [0.717, 1.165) is 64.8 Å². The van der Waals surface area contributed by atoms with E-state index in [1.807, 2.05) is 34.7 Å². The van der Waals surface area contributed by atoms with Gasteiger partial charge in [0.25, 0.3) is 0 Å². The van der Waals surface area contributed by atoms with Crippen LogP contribution in [0.3, 0.4) is 0 Å². The first kappa shape index (κ1) is 54.0. The molecule has 0 radical (unpaired) electrons. The van der Waals surface area contributed by atoms with Crippen molar-refractivity contribution in [2.75, 3.05) is 114 Å². The number of carbonyl (C=O) groups excluding carboxylic acids is 4. The highest BCUT2D eigenvalue weighted by Crippen LogP contribution is 2.15. The maximum absolute atomic E-state index is 11.8. The van der Waals surface area contributed by atoms with E-state index < -0.39 is 0 Å². The number of piperidine rings is 2. The van der Waals surface area contributed by atoms with Crippen LogP contribution in [-0.2, 0) is 33.4 Å². The Kier molecular flexibility index (Phi) is 41.4. The molecule has 0 spiro atoms. The van der Waals surface area contributed by atoms with Crippen LogP contribution < -0.4 is 16.0 Å². The topological polar surface area (TPSA) is 142 Å². The predicted molar refractivity (Wildman–Crippen MR) is 213 cm³/mol. The van der Waals surface area contributed by atoms with Crippen molar-refractivity contribution in [1.82, 2.24) is 30.7 Å². The minimum atomic E-state index is -0.0998. The third-order valence-corrected chi connectivity index (χ3v) is 8.60. The highest BCUT2D eigenvalue weighted by molar-refractivity contribution is 5.77. The van der Waals surface area contributed by atoms with Crippen LogP contribution in [0.4, 0.5) is 0 Å². The molecule has 4 amide bonds. The smallest absolute Gasteiger partial charge is 0.246 e. The molecule has 13 nitrogen and oxygen atoms in total. The Hall–Kier alpha value is -2.32. The molecule has 2 aliphatic rings.